The largest absolute Gasteiger partial charge is 0.501 e. The first-order valence-corrected chi connectivity index (χ1v) is 12.9. The Hall–Kier alpha value is -3.37. The summed E-state index contributed by atoms with van der Waals surface area (Å²) in [5, 5.41) is 15.7. The Bertz CT molecular complexity index is 1240. The maximum atomic E-state index is 12.8. The van der Waals surface area contributed by atoms with Crippen LogP contribution in [0, 0.1) is 5.41 Å². The number of nitrogens with zero attached hydrogens (tertiary/aromatic N) is 1. The first-order chi connectivity index (χ1) is 17.4. The number of nitrogens with one attached hydrogen (secondary N) is 1. The summed E-state index contributed by atoms with van der Waals surface area (Å²) in [5.74, 6) is -2.59. The van der Waals surface area contributed by atoms with Gasteiger partial charge < -0.3 is 19.3 Å². The van der Waals surface area contributed by atoms with Gasteiger partial charge in [-0.3, -0.25) is 14.9 Å². The van der Waals surface area contributed by atoms with E-state index in [0.717, 1.165) is 0 Å². The highest BCUT2D eigenvalue weighted by atomic mass is 32.1. The van der Waals surface area contributed by atoms with Gasteiger partial charge in [0, 0.05) is 23.2 Å². The number of carbonyl (C=O) groups is 2. The van der Waals surface area contributed by atoms with E-state index in [1.807, 2.05) is 13.8 Å². The number of hydrogen-bond acceptors (Lipinski definition) is 10. The molecule has 1 amide bonds. The van der Waals surface area contributed by atoms with E-state index in [1.165, 1.54) is 35.6 Å². The van der Waals surface area contributed by atoms with Crippen LogP contribution >= 0.6 is 20.0 Å². The van der Waals surface area contributed by atoms with E-state index in [2.05, 4.69) is 10.3 Å². The van der Waals surface area contributed by atoms with Gasteiger partial charge in [-0.2, -0.15) is 0 Å². The average Bonchev–Trinajstić information content (AvgIpc) is 3.31. The number of carbonyl (C=O) groups excluding carboxylic acids is 2. The number of benzene rings is 2. The van der Waals surface area contributed by atoms with Crippen molar-refractivity contribution in [2.45, 2.75) is 46.7 Å². The molecule has 0 radical (unpaired) electrons. The predicted molar refractivity (Wildman–Crippen MR) is 138 cm³/mol. The topological polar surface area (TPSA) is 133 Å². The molecule has 0 saturated heterocycles. The summed E-state index contributed by atoms with van der Waals surface area (Å²) in [5.41, 5.74) is -0.603. The zero-order chi connectivity index (χ0) is 27.2. The Labute approximate surface area is 219 Å². The molecule has 0 aliphatic rings. The summed E-state index contributed by atoms with van der Waals surface area (Å²) in [7, 11) is -1.39. The molecule has 12 heteroatoms. The molecule has 10 nitrogen and oxygen atoms in total. The minimum atomic E-state index is -2.55. The molecule has 2 aromatic carbocycles. The molecule has 0 saturated carbocycles. The molecule has 0 fully saturated rings. The van der Waals surface area contributed by atoms with E-state index in [9.17, 15) is 19.3 Å². The number of amides is 1. The van der Waals surface area contributed by atoms with E-state index in [1.54, 1.807) is 50.5 Å². The third-order valence-electron chi connectivity index (χ3n) is 4.65. The molecule has 3 rings (SSSR count). The fourth-order valence-electron chi connectivity index (χ4n) is 2.90. The van der Waals surface area contributed by atoms with Crippen LogP contribution in [0.5, 0.6) is 17.2 Å². The van der Waals surface area contributed by atoms with E-state index in [0.29, 0.717) is 27.9 Å². The van der Waals surface area contributed by atoms with Crippen LogP contribution in [0.25, 0.3) is 0 Å². The molecule has 1 heterocycles. The van der Waals surface area contributed by atoms with E-state index < -0.39 is 26.0 Å². The smallest absolute Gasteiger partial charge is 0.491 e. The number of hydrogen-bond donors (Lipinski definition) is 2. The number of aromatic nitrogens is 1. The molecule has 0 aliphatic heterocycles. The molecule has 3 aromatic rings. The molecule has 37 heavy (non-hydrogen) atoms. The SMILES string of the molecule is CC(C)Oc1cc(Oc2ccc(C(O)(O[PH+]=O)OC(=O)C(C)(C)C)cc2)cc(C(=O)Nc2nccs2)c1. The van der Waals surface area contributed by atoms with Crippen molar-refractivity contribution in [2.24, 2.45) is 5.41 Å². The minimum Gasteiger partial charge on any atom is -0.491 e. The Morgan fingerprint density at radius 3 is 2.30 bits per heavy atom. The number of ether oxygens (including phenoxy) is 3. The lowest BCUT2D eigenvalue weighted by Crippen LogP contribution is -2.37. The first kappa shape index (κ1) is 28.2. The molecule has 0 spiro atoms. The third-order valence-corrected chi connectivity index (χ3v) is 5.69. The Morgan fingerprint density at radius 2 is 1.73 bits per heavy atom. The highest BCUT2D eigenvalue weighted by Crippen LogP contribution is 2.34. The number of aliphatic hydroxyl groups is 1. The first-order valence-electron chi connectivity index (χ1n) is 11.2. The van der Waals surface area contributed by atoms with Crippen molar-refractivity contribution < 1.29 is 38.0 Å². The summed E-state index contributed by atoms with van der Waals surface area (Å²) in [6, 6.07) is 10.6. The summed E-state index contributed by atoms with van der Waals surface area (Å²) in [6.07, 6.45) is 1.45. The van der Waals surface area contributed by atoms with Crippen molar-refractivity contribution in [1.29, 1.82) is 0 Å². The molecule has 196 valence electrons. The van der Waals surface area contributed by atoms with Gasteiger partial charge in [0.25, 0.3) is 5.91 Å². The summed E-state index contributed by atoms with van der Waals surface area (Å²) in [4.78, 5) is 29.1. The zero-order valence-corrected chi connectivity index (χ0v) is 22.8. The molecular weight excluding hydrogens is 519 g/mol. The summed E-state index contributed by atoms with van der Waals surface area (Å²) >= 11 is 1.29. The number of anilines is 1. The summed E-state index contributed by atoms with van der Waals surface area (Å²) in [6.45, 7) is 8.54. The highest BCUT2D eigenvalue weighted by molar-refractivity contribution is 7.17. The highest BCUT2D eigenvalue weighted by Gasteiger charge is 2.43. The molecule has 0 bridgehead atoms. The van der Waals surface area contributed by atoms with Crippen molar-refractivity contribution in [1.82, 2.24) is 4.98 Å². The fraction of sp³-hybridized carbons (Fsp3) is 0.320. The fourth-order valence-corrected chi connectivity index (χ4v) is 3.70. The van der Waals surface area contributed by atoms with Gasteiger partial charge in [0.05, 0.1) is 17.1 Å². The number of esters is 1. The van der Waals surface area contributed by atoms with Crippen LogP contribution in [-0.4, -0.2) is 28.1 Å². The molecule has 2 N–H and O–H groups in total. The normalized spacial score (nSPS) is 13.2. The van der Waals surface area contributed by atoms with Crippen LogP contribution in [0.1, 0.15) is 50.5 Å². The van der Waals surface area contributed by atoms with Crippen molar-refractivity contribution in [3.63, 3.8) is 0 Å². The van der Waals surface area contributed by atoms with Gasteiger partial charge in [-0.15, -0.1) is 11.3 Å². The average molecular weight is 548 g/mol. The van der Waals surface area contributed by atoms with Crippen molar-refractivity contribution in [2.75, 3.05) is 5.32 Å². The third kappa shape index (κ3) is 7.80. The van der Waals surface area contributed by atoms with Gasteiger partial charge in [-0.05, 0) is 75.6 Å². The second kappa shape index (κ2) is 11.8. The lowest BCUT2D eigenvalue weighted by atomic mass is 9.97. The second-order valence-corrected chi connectivity index (χ2v) is 10.4. The Kier molecular flexibility index (Phi) is 8.98. The Balaban J connectivity index is 1.85. The quantitative estimate of drug-likeness (QED) is 0.188. The molecule has 1 aromatic heterocycles. The predicted octanol–water partition coefficient (Wildman–Crippen LogP) is 5.62. The Morgan fingerprint density at radius 1 is 1.05 bits per heavy atom. The van der Waals surface area contributed by atoms with Gasteiger partial charge >= 0.3 is 20.6 Å². The van der Waals surface area contributed by atoms with E-state index >= 15 is 0 Å². The zero-order valence-electron chi connectivity index (χ0n) is 20.9. The maximum Gasteiger partial charge on any atom is 0.501 e. The second-order valence-electron chi connectivity index (χ2n) is 9.18. The molecule has 2 unspecified atom stereocenters. The van der Waals surface area contributed by atoms with Gasteiger partial charge in [0.2, 0.25) is 0 Å². The van der Waals surface area contributed by atoms with Gasteiger partial charge in [-0.25, -0.2) is 4.98 Å². The maximum absolute atomic E-state index is 12.8. The molecule has 0 aliphatic carbocycles. The van der Waals surface area contributed by atoms with E-state index in [-0.39, 0.29) is 17.6 Å². The van der Waals surface area contributed by atoms with Crippen LogP contribution in [0.15, 0.2) is 54.0 Å². The minimum absolute atomic E-state index is 0.0289. The van der Waals surface area contributed by atoms with Crippen LogP contribution < -0.4 is 14.8 Å². The van der Waals surface area contributed by atoms with Crippen LogP contribution in [-0.2, 0) is 24.6 Å². The standard InChI is InChI=1S/C25H27N2O8PS/c1-15(2)32-19-12-16(21(28)27-23-26-10-11-37-23)13-20(14-19)33-18-8-6-17(7-9-18)25(30,35-36-31)34-22(29)24(3,4)5/h6-15,30,36H,1-5H3/p+1. The lowest BCUT2D eigenvalue weighted by molar-refractivity contribution is -0.313. The number of rotatable bonds is 10. The monoisotopic (exact) mass is 547 g/mol. The van der Waals surface area contributed by atoms with Crippen molar-refractivity contribution in [3.05, 3.63) is 65.2 Å². The van der Waals surface area contributed by atoms with Gasteiger partial charge in [-0.1, -0.05) is 4.52 Å². The van der Waals surface area contributed by atoms with Crippen LogP contribution in [0.3, 0.4) is 0 Å². The lowest BCUT2D eigenvalue weighted by Gasteiger charge is -2.25. The van der Waals surface area contributed by atoms with Crippen LogP contribution in [0.4, 0.5) is 5.13 Å². The van der Waals surface area contributed by atoms with Crippen molar-refractivity contribution >= 4 is 37.0 Å². The molecule has 2 atom stereocenters. The summed E-state index contributed by atoms with van der Waals surface area (Å²) < 4.78 is 32.8. The van der Waals surface area contributed by atoms with Gasteiger partial charge in [0.15, 0.2) is 5.13 Å². The number of thiazole rings is 1. The van der Waals surface area contributed by atoms with Gasteiger partial charge in [0.1, 0.15) is 17.2 Å². The van der Waals surface area contributed by atoms with Crippen LogP contribution in [0.2, 0.25) is 0 Å². The van der Waals surface area contributed by atoms with Crippen molar-refractivity contribution in [3.8, 4) is 17.2 Å². The van der Waals surface area contributed by atoms with E-state index in [4.69, 9.17) is 18.7 Å². The molecular formula is C25H28N2O8PS+.